The molecule has 0 spiro atoms. The van der Waals surface area contributed by atoms with Gasteiger partial charge in [0, 0.05) is 31.8 Å². The highest BCUT2D eigenvalue weighted by atomic mass is 16.5. The Hall–Kier alpha value is -2.96. The van der Waals surface area contributed by atoms with E-state index in [-0.39, 0.29) is 17.7 Å². The monoisotopic (exact) mass is 354 g/mol. The summed E-state index contributed by atoms with van der Waals surface area (Å²) in [6.45, 7) is 4.58. The van der Waals surface area contributed by atoms with Crippen molar-refractivity contribution in [3.05, 3.63) is 47.6 Å². The predicted molar refractivity (Wildman–Crippen MR) is 97.4 cm³/mol. The summed E-state index contributed by atoms with van der Waals surface area (Å²) in [5.41, 5.74) is 1.63. The molecule has 3 rings (SSSR count). The maximum absolute atomic E-state index is 12.5. The average Bonchev–Trinajstić information content (AvgIpc) is 3.07. The number of benzene rings is 1. The van der Waals surface area contributed by atoms with Gasteiger partial charge in [0.05, 0.1) is 5.92 Å². The molecular formula is C19H22N4O3. The van der Waals surface area contributed by atoms with Crippen LogP contribution in [0.2, 0.25) is 0 Å². The Labute approximate surface area is 152 Å². The van der Waals surface area contributed by atoms with Gasteiger partial charge in [0.25, 0.3) is 0 Å². The van der Waals surface area contributed by atoms with Gasteiger partial charge in [-0.2, -0.15) is 4.98 Å². The van der Waals surface area contributed by atoms with E-state index in [4.69, 9.17) is 4.52 Å². The summed E-state index contributed by atoms with van der Waals surface area (Å²) in [7, 11) is 0. The Kier molecular flexibility index (Phi) is 5.46. The SMILES string of the molecule is CC(=O)Nc1ccc(/C=C/C(=O)N2CCCC(c3nc(C)no3)C2)cc1. The van der Waals surface area contributed by atoms with Crippen LogP contribution in [0, 0.1) is 6.92 Å². The van der Waals surface area contributed by atoms with Crippen LogP contribution in [0.4, 0.5) is 5.69 Å². The van der Waals surface area contributed by atoms with Crippen LogP contribution in [0.1, 0.15) is 43.0 Å². The van der Waals surface area contributed by atoms with Gasteiger partial charge in [-0.3, -0.25) is 9.59 Å². The molecule has 2 aromatic rings. The third kappa shape index (κ3) is 4.56. The minimum absolute atomic E-state index is 0.0307. The quantitative estimate of drug-likeness (QED) is 0.853. The Morgan fingerprint density at radius 3 is 2.73 bits per heavy atom. The van der Waals surface area contributed by atoms with Crippen LogP contribution < -0.4 is 5.32 Å². The normalized spacial score (nSPS) is 17.5. The molecule has 1 atom stereocenters. The van der Waals surface area contributed by atoms with E-state index in [1.54, 1.807) is 31.2 Å². The lowest BCUT2D eigenvalue weighted by molar-refractivity contribution is -0.127. The fourth-order valence-corrected chi connectivity index (χ4v) is 3.01. The fraction of sp³-hybridized carbons (Fsp3) is 0.368. The summed E-state index contributed by atoms with van der Waals surface area (Å²) >= 11 is 0. The number of nitrogens with zero attached hydrogens (tertiary/aromatic N) is 3. The van der Waals surface area contributed by atoms with E-state index in [2.05, 4.69) is 15.5 Å². The molecule has 1 fully saturated rings. The molecule has 1 aromatic heterocycles. The van der Waals surface area contributed by atoms with E-state index in [9.17, 15) is 9.59 Å². The molecule has 2 heterocycles. The number of hydrogen-bond donors (Lipinski definition) is 1. The molecule has 1 aliphatic heterocycles. The Bertz CT molecular complexity index is 810. The van der Waals surface area contributed by atoms with Crippen LogP contribution >= 0.6 is 0 Å². The van der Waals surface area contributed by atoms with Gasteiger partial charge in [-0.25, -0.2) is 0 Å². The topological polar surface area (TPSA) is 88.3 Å². The molecule has 1 aliphatic rings. The number of aryl methyl sites for hydroxylation is 1. The van der Waals surface area contributed by atoms with Crippen LogP contribution in [0.25, 0.3) is 6.08 Å². The van der Waals surface area contributed by atoms with Crippen LogP contribution in [0.15, 0.2) is 34.9 Å². The highest BCUT2D eigenvalue weighted by Gasteiger charge is 2.27. The van der Waals surface area contributed by atoms with Crippen molar-refractivity contribution in [1.82, 2.24) is 15.0 Å². The minimum Gasteiger partial charge on any atom is -0.339 e. The molecule has 136 valence electrons. The zero-order chi connectivity index (χ0) is 18.5. The average molecular weight is 354 g/mol. The first-order chi connectivity index (χ1) is 12.5. The van der Waals surface area contributed by atoms with Gasteiger partial charge in [0.2, 0.25) is 17.7 Å². The van der Waals surface area contributed by atoms with E-state index >= 15 is 0 Å². The van der Waals surface area contributed by atoms with Crippen LogP contribution in [0.3, 0.4) is 0 Å². The van der Waals surface area contributed by atoms with E-state index in [0.29, 0.717) is 18.3 Å². The Balaban J connectivity index is 1.60. The number of amides is 2. The molecule has 0 aliphatic carbocycles. The van der Waals surface area contributed by atoms with Gasteiger partial charge >= 0.3 is 0 Å². The number of nitrogens with one attached hydrogen (secondary N) is 1. The smallest absolute Gasteiger partial charge is 0.246 e. The molecular weight excluding hydrogens is 332 g/mol. The van der Waals surface area contributed by atoms with Crippen molar-refractivity contribution < 1.29 is 14.1 Å². The van der Waals surface area contributed by atoms with Crippen molar-refractivity contribution in [2.24, 2.45) is 0 Å². The first-order valence-electron chi connectivity index (χ1n) is 8.66. The highest BCUT2D eigenvalue weighted by molar-refractivity contribution is 5.92. The summed E-state index contributed by atoms with van der Waals surface area (Å²) < 4.78 is 5.25. The summed E-state index contributed by atoms with van der Waals surface area (Å²) in [6, 6.07) is 7.32. The molecule has 0 radical (unpaired) electrons. The van der Waals surface area contributed by atoms with Crippen molar-refractivity contribution in [3.8, 4) is 0 Å². The maximum atomic E-state index is 12.5. The summed E-state index contributed by atoms with van der Waals surface area (Å²) in [5.74, 6) is 1.18. The molecule has 0 saturated carbocycles. The summed E-state index contributed by atoms with van der Waals surface area (Å²) in [6.07, 6.45) is 5.21. The highest BCUT2D eigenvalue weighted by Crippen LogP contribution is 2.25. The molecule has 2 amide bonds. The number of aromatic nitrogens is 2. The Morgan fingerprint density at radius 1 is 1.31 bits per heavy atom. The fourth-order valence-electron chi connectivity index (χ4n) is 3.01. The molecule has 1 N–H and O–H groups in total. The van der Waals surface area contributed by atoms with Crippen molar-refractivity contribution in [2.45, 2.75) is 32.6 Å². The molecule has 1 saturated heterocycles. The van der Waals surface area contributed by atoms with Crippen LogP contribution in [-0.2, 0) is 9.59 Å². The number of carbonyl (C=O) groups is 2. The third-order valence-electron chi connectivity index (χ3n) is 4.27. The van der Waals surface area contributed by atoms with Crippen molar-refractivity contribution in [2.75, 3.05) is 18.4 Å². The van der Waals surface area contributed by atoms with Gasteiger partial charge in [-0.05, 0) is 43.5 Å². The van der Waals surface area contributed by atoms with E-state index < -0.39 is 0 Å². The second-order valence-corrected chi connectivity index (χ2v) is 6.44. The van der Waals surface area contributed by atoms with Gasteiger partial charge in [-0.1, -0.05) is 17.3 Å². The Morgan fingerprint density at radius 2 is 2.08 bits per heavy atom. The first kappa shape index (κ1) is 17.8. The summed E-state index contributed by atoms with van der Waals surface area (Å²) in [5, 5.41) is 6.55. The van der Waals surface area contributed by atoms with Crippen molar-refractivity contribution in [3.63, 3.8) is 0 Å². The zero-order valence-corrected chi connectivity index (χ0v) is 14.9. The molecule has 1 unspecified atom stereocenters. The minimum atomic E-state index is -0.112. The molecule has 0 bridgehead atoms. The lowest BCUT2D eigenvalue weighted by Gasteiger charge is -2.30. The first-order valence-corrected chi connectivity index (χ1v) is 8.66. The lowest BCUT2D eigenvalue weighted by atomic mass is 9.98. The van der Waals surface area contributed by atoms with Gasteiger partial charge in [-0.15, -0.1) is 0 Å². The standard InChI is InChI=1S/C19H22N4O3/c1-13-20-19(26-22-13)16-4-3-11-23(12-16)18(25)10-7-15-5-8-17(9-6-15)21-14(2)24/h5-10,16H,3-4,11-12H2,1-2H3,(H,21,24)/b10-7+. The second kappa shape index (κ2) is 7.95. The van der Waals surface area contributed by atoms with E-state index in [0.717, 1.165) is 30.6 Å². The van der Waals surface area contributed by atoms with E-state index in [1.807, 2.05) is 17.0 Å². The van der Waals surface area contributed by atoms with Crippen LogP contribution in [0.5, 0.6) is 0 Å². The number of likely N-dealkylation sites (tertiary alicyclic amines) is 1. The number of anilines is 1. The van der Waals surface area contributed by atoms with Gasteiger partial charge in [0.15, 0.2) is 5.82 Å². The number of rotatable bonds is 4. The summed E-state index contributed by atoms with van der Waals surface area (Å²) in [4.78, 5) is 29.6. The largest absolute Gasteiger partial charge is 0.339 e. The van der Waals surface area contributed by atoms with Gasteiger partial charge in [0.1, 0.15) is 0 Å². The van der Waals surface area contributed by atoms with E-state index in [1.165, 1.54) is 6.92 Å². The third-order valence-corrected chi connectivity index (χ3v) is 4.27. The predicted octanol–water partition coefficient (Wildman–Crippen LogP) is 2.76. The lowest BCUT2D eigenvalue weighted by Crippen LogP contribution is -2.38. The van der Waals surface area contributed by atoms with Crippen LogP contribution in [-0.4, -0.2) is 39.9 Å². The molecule has 7 nitrogen and oxygen atoms in total. The molecule has 1 aromatic carbocycles. The number of hydrogen-bond acceptors (Lipinski definition) is 5. The number of carbonyl (C=O) groups excluding carboxylic acids is 2. The second-order valence-electron chi connectivity index (χ2n) is 6.44. The zero-order valence-electron chi connectivity index (χ0n) is 14.9. The molecule has 26 heavy (non-hydrogen) atoms. The van der Waals surface area contributed by atoms with Gasteiger partial charge < -0.3 is 14.7 Å². The number of piperidine rings is 1. The molecule has 7 heteroatoms. The van der Waals surface area contributed by atoms with Crippen molar-refractivity contribution in [1.29, 1.82) is 0 Å². The maximum Gasteiger partial charge on any atom is 0.246 e. The van der Waals surface area contributed by atoms with Crippen molar-refractivity contribution >= 4 is 23.6 Å².